The van der Waals surface area contributed by atoms with Gasteiger partial charge in [0.1, 0.15) is 0 Å². The standard InChI is InChI=1S/C9H7N2O2/c1-7(6-10)8-2-4-9(5-3-8)11(12)13/h2-5H,1H3/q-1. The zero-order valence-corrected chi connectivity index (χ0v) is 7.02. The quantitative estimate of drug-likeness (QED) is 0.393. The summed E-state index contributed by atoms with van der Waals surface area (Å²) in [6, 6.07) is 5.90. The highest BCUT2D eigenvalue weighted by molar-refractivity contribution is 5.90. The Bertz CT molecular complexity index is 375. The number of allylic oxidation sites excluding steroid dienone is 1. The van der Waals surface area contributed by atoms with E-state index >= 15 is 0 Å². The topological polar surface area (TPSA) is 65.4 Å². The first-order valence-corrected chi connectivity index (χ1v) is 3.63. The number of non-ortho nitro benzene ring substituents is 1. The molecule has 0 spiro atoms. The number of hydrogen-bond donors (Lipinski definition) is 0. The van der Waals surface area contributed by atoms with Gasteiger partial charge in [-0.3, -0.25) is 16.0 Å². The molecular weight excluding hydrogens is 168 g/mol. The predicted molar refractivity (Wildman–Crippen MR) is 50.5 cm³/mol. The maximum atomic E-state index is 10.3. The molecule has 0 aliphatic rings. The monoisotopic (exact) mass is 175 g/mol. The third kappa shape index (κ3) is 2.01. The Labute approximate surface area is 75.2 Å². The fourth-order valence-corrected chi connectivity index (χ4v) is 0.898. The van der Waals surface area contributed by atoms with Crippen LogP contribution in [0.3, 0.4) is 0 Å². The number of nitro benzene ring substituents is 1. The molecule has 0 bridgehead atoms. The Morgan fingerprint density at radius 2 is 2.00 bits per heavy atom. The molecule has 0 N–H and O–H groups in total. The molecule has 13 heavy (non-hydrogen) atoms. The van der Waals surface area contributed by atoms with Crippen molar-refractivity contribution >= 4 is 17.1 Å². The van der Waals surface area contributed by atoms with E-state index < -0.39 is 4.92 Å². The molecule has 66 valence electrons. The summed E-state index contributed by atoms with van der Waals surface area (Å²) in [6.45, 7) is 1.67. The normalized spacial score (nSPS) is 9.00. The molecule has 0 atom stereocenters. The Balaban J connectivity index is 3.07. The van der Waals surface area contributed by atoms with Crippen molar-refractivity contribution in [2.45, 2.75) is 6.92 Å². The van der Waals surface area contributed by atoms with Gasteiger partial charge in [0, 0.05) is 12.1 Å². The maximum Gasteiger partial charge on any atom is 0.269 e. The second-order valence-corrected chi connectivity index (χ2v) is 2.54. The molecule has 0 aromatic heterocycles. The van der Waals surface area contributed by atoms with Crippen molar-refractivity contribution in [3.05, 3.63) is 45.4 Å². The first-order chi connectivity index (χ1) is 6.15. The molecule has 0 heterocycles. The van der Waals surface area contributed by atoms with Crippen LogP contribution in [-0.2, 0) is 0 Å². The molecule has 0 saturated carbocycles. The van der Waals surface area contributed by atoms with Crippen LogP contribution in [0, 0.1) is 10.1 Å². The summed E-state index contributed by atoms with van der Waals surface area (Å²) < 4.78 is 0. The Morgan fingerprint density at radius 1 is 1.46 bits per heavy atom. The number of benzene rings is 1. The van der Waals surface area contributed by atoms with E-state index in [1.807, 2.05) is 5.87 Å². The average Bonchev–Trinajstić information content (AvgIpc) is 2.17. The summed E-state index contributed by atoms with van der Waals surface area (Å²) in [5, 5.41) is 18.8. The summed E-state index contributed by atoms with van der Waals surface area (Å²) >= 11 is 0. The molecule has 1 aromatic carbocycles. The minimum absolute atomic E-state index is 0.0366. The van der Waals surface area contributed by atoms with Gasteiger partial charge in [-0.25, -0.2) is 0 Å². The third-order valence-electron chi connectivity index (χ3n) is 1.68. The van der Waals surface area contributed by atoms with Gasteiger partial charge in [-0.1, -0.05) is 0 Å². The predicted octanol–water partition coefficient (Wildman–Crippen LogP) is 2.24. The third-order valence-corrected chi connectivity index (χ3v) is 1.68. The fraction of sp³-hybridized carbons (Fsp3) is 0.111. The molecular formula is C9H7N2O2-. The first-order valence-electron chi connectivity index (χ1n) is 3.63. The lowest BCUT2D eigenvalue weighted by atomic mass is 10.1. The number of nitro groups is 1. The van der Waals surface area contributed by atoms with Gasteiger partial charge in [-0.05, 0) is 30.2 Å². The molecule has 0 aliphatic carbocycles. The van der Waals surface area contributed by atoms with Crippen molar-refractivity contribution in [3.63, 3.8) is 0 Å². The van der Waals surface area contributed by atoms with Crippen LogP contribution in [0.5, 0.6) is 0 Å². The average molecular weight is 175 g/mol. The molecule has 0 amide bonds. The van der Waals surface area contributed by atoms with Crippen molar-refractivity contribution in [2.24, 2.45) is 0 Å². The van der Waals surface area contributed by atoms with Crippen molar-refractivity contribution in [1.29, 1.82) is 0 Å². The molecule has 0 fully saturated rings. The van der Waals surface area contributed by atoms with E-state index in [1.165, 1.54) is 12.1 Å². The zero-order valence-electron chi connectivity index (χ0n) is 7.02. The highest BCUT2D eigenvalue weighted by Gasteiger charge is 2.03. The second-order valence-electron chi connectivity index (χ2n) is 2.54. The van der Waals surface area contributed by atoms with Crippen LogP contribution in [0.25, 0.3) is 11.0 Å². The van der Waals surface area contributed by atoms with Gasteiger partial charge in [-0.2, -0.15) is 0 Å². The number of hydrogen-bond acceptors (Lipinski definition) is 2. The van der Waals surface area contributed by atoms with Crippen molar-refractivity contribution in [3.8, 4) is 0 Å². The van der Waals surface area contributed by atoms with Crippen LogP contribution in [0.15, 0.2) is 24.3 Å². The Morgan fingerprint density at radius 3 is 2.38 bits per heavy atom. The van der Waals surface area contributed by atoms with Crippen molar-refractivity contribution in [1.82, 2.24) is 0 Å². The smallest absolute Gasteiger partial charge is 0.269 e. The van der Waals surface area contributed by atoms with Gasteiger partial charge < -0.3 is 5.41 Å². The van der Waals surface area contributed by atoms with Crippen molar-refractivity contribution < 1.29 is 4.92 Å². The maximum absolute atomic E-state index is 10.3. The summed E-state index contributed by atoms with van der Waals surface area (Å²) in [6.07, 6.45) is 0. The van der Waals surface area contributed by atoms with Crippen LogP contribution >= 0.6 is 0 Å². The molecule has 1 rings (SSSR count). The van der Waals surface area contributed by atoms with Gasteiger partial charge in [0.2, 0.25) is 0 Å². The lowest BCUT2D eigenvalue weighted by molar-refractivity contribution is -0.384. The number of nitrogens with zero attached hydrogens (tertiary/aromatic N) is 2. The summed E-state index contributed by atoms with van der Waals surface area (Å²) in [5.41, 5.74) is 1.30. The fourth-order valence-electron chi connectivity index (χ4n) is 0.898. The summed E-state index contributed by atoms with van der Waals surface area (Å²) in [7, 11) is 0. The molecule has 0 saturated heterocycles. The Hall–Kier alpha value is -1.93. The molecule has 1 aromatic rings. The van der Waals surface area contributed by atoms with Crippen LogP contribution in [0.2, 0.25) is 0 Å². The highest BCUT2D eigenvalue weighted by atomic mass is 16.6. The van der Waals surface area contributed by atoms with E-state index in [0.29, 0.717) is 11.1 Å². The van der Waals surface area contributed by atoms with Crippen LogP contribution in [0.4, 0.5) is 5.69 Å². The number of rotatable bonds is 2. The van der Waals surface area contributed by atoms with E-state index in [-0.39, 0.29) is 5.69 Å². The lowest BCUT2D eigenvalue weighted by Crippen LogP contribution is -1.87. The largest absolute Gasteiger partial charge is 0.763 e. The highest BCUT2D eigenvalue weighted by Crippen LogP contribution is 2.16. The summed E-state index contributed by atoms with van der Waals surface area (Å²) in [5.74, 6) is 1.98. The van der Waals surface area contributed by atoms with Gasteiger partial charge in [0.25, 0.3) is 5.69 Å². The van der Waals surface area contributed by atoms with E-state index in [9.17, 15) is 10.1 Å². The second kappa shape index (κ2) is 3.65. The van der Waals surface area contributed by atoms with Crippen molar-refractivity contribution in [2.75, 3.05) is 0 Å². The minimum Gasteiger partial charge on any atom is -0.763 e. The van der Waals surface area contributed by atoms with Gasteiger partial charge >= 0.3 is 0 Å². The van der Waals surface area contributed by atoms with Crippen LogP contribution < -0.4 is 0 Å². The van der Waals surface area contributed by atoms with Gasteiger partial charge in [0.05, 0.1) is 4.92 Å². The van der Waals surface area contributed by atoms with E-state index in [4.69, 9.17) is 5.41 Å². The van der Waals surface area contributed by atoms with E-state index in [0.717, 1.165) is 0 Å². The van der Waals surface area contributed by atoms with Gasteiger partial charge in [-0.15, -0.1) is 0 Å². The van der Waals surface area contributed by atoms with Crippen LogP contribution in [-0.4, -0.2) is 10.8 Å². The lowest BCUT2D eigenvalue weighted by Gasteiger charge is -1.98. The van der Waals surface area contributed by atoms with E-state index in [1.54, 1.807) is 19.1 Å². The molecule has 0 aliphatic heterocycles. The minimum atomic E-state index is -0.467. The molecule has 4 heteroatoms. The van der Waals surface area contributed by atoms with Crippen LogP contribution in [0.1, 0.15) is 12.5 Å². The van der Waals surface area contributed by atoms with Gasteiger partial charge in [0.15, 0.2) is 0 Å². The summed E-state index contributed by atoms with van der Waals surface area (Å²) in [4.78, 5) is 9.82. The Kier molecular flexibility index (Phi) is 2.57. The SMILES string of the molecule is CC(=C=[N-])c1ccc([N+](=O)[O-])cc1. The molecule has 4 nitrogen and oxygen atoms in total. The molecule has 0 radical (unpaired) electrons. The molecule has 0 unspecified atom stereocenters. The van der Waals surface area contributed by atoms with E-state index in [2.05, 4.69) is 0 Å². The first kappa shape index (κ1) is 9.16. The zero-order chi connectivity index (χ0) is 9.84.